The topological polar surface area (TPSA) is 37.8 Å². The largest absolute Gasteiger partial charge is 0.312 e. The summed E-state index contributed by atoms with van der Waals surface area (Å²) < 4.78 is 0. The van der Waals surface area contributed by atoms with E-state index in [-0.39, 0.29) is 0 Å². The summed E-state index contributed by atoms with van der Waals surface area (Å²) in [6, 6.07) is 10.4. The Balaban J connectivity index is 1.60. The molecule has 4 heteroatoms. The molecule has 0 unspecified atom stereocenters. The zero-order valence-corrected chi connectivity index (χ0v) is 12.3. The van der Waals surface area contributed by atoms with Gasteiger partial charge in [0.2, 0.25) is 0 Å². The van der Waals surface area contributed by atoms with Gasteiger partial charge in [-0.3, -0.25) is 4.98 Å². The number of pyridine rings is 1. The van der Waals surface area contributed by atoms with Crippen molar-refractivity contribution in [2.75, 3.05) is 6.54 Å². The van der Waals surface area contributed by atoms with Crippen LogP contribution < -0.4 is 5.32 Å². The van der Waals surface area contributed by atoms with E-state index in [1.165, 1.54) is 16.0 Å². The summed E-state index contributed by atoms with van der Waals surface area (Å²) in [6.45, 7) is 3.85. The van der Waals surface area contributed by atoms with Crippen molar-refractivity contribution in [2.45, 2.75) is 19.9 Å². The molecule has 1 aromatic carbocycles. The number of nitrogens with zero attached hydrogens (tertiary/aromatic N) is 2. The first-order valence-electron chi connectivity index (χ1n) is 6.77. The number of hydrogen-bond acceptors (Lipinski definition) is 4. The molecule has 102 valence electrons. The average Bonchev–Trinajstić information content (AvgIpc) is 2.89. The predicted octanol–water partition coefficient (Wildman–Crippen LogP) is 3.33. The number of para-hydroxylation sites is 1. The molecular weight excluding hydrogens is 266 g/mol. The monoisotopic (exact) mass is 283 g/mol. The lowest BCUT2D eigenvalue weighted by Crippen LogP contribution is -2.16. The number of benzene rings is 1. The van der Waals surface area contributed by atoms with Crippen LogP contribution in [-0.4, -0.2) is 16.5 Å². The molecule has 0 aliphatic rings. The van der Waals surface area contributed by atoms with Crippen LogP contribution in [0.5, 0.6) is 0 Å². The third-order valence-electron chi connectivity index (χ3n) is 3.24. The second kappa shape index (κ2) is 6.11. The Bertz CT molecular complexity index is 700. The molecule has 0 aliphatic carbocycles. The van der Waals surface area contributed by atoms with Crippen molar-refractivity contribution in [3.63, 3.8) is 0 Å². The van der Waals surface area contributed by atoms with Crippen molar-refractivity contribution in [3.8, 4) is 0 Å². The van der Waals surface area contributed by atoms with Crippen LogP contribution in [0, 0.1) is 6.92 Å². The Hall–Kier alpha value is -1.78. The summed E-state index contributed by atoms with van der Waals surface area (Å²) in [5, 5.41) is 8.03. The van der Waals surface area contributed by atoms with E-state index < -0.39 is 0 Å². The molecule has 1 N–H and O–H groups in total. The van der Waals surface area contributed by atoms with Crippen LogP contribution in [0.15, 0.2) is 41.9 Å². The molecule has 3 nitrogen and oxygen atoms in total. The Labute approximate surface area is 122 Å². The normalized spacial score (nSPS) is 11.1. The molecule has 3 aromatic rings. The molecule has 0 saturated heterocycles. The molecule has 20 heavy (non-hydrogen) atoms. The molecule has 0 radical (unpaired) electrons. The molecule has 0 fully saturated rings. The summed E-state index contributed by atoms with van der Waals surface area (Å²) in [6.07, 6.45) is 2.87. The van der Waals surface area contributed by atoms with Crippen molar-refractivity contribution < 1.29 is 0 Å². The van der Waals surface area contributed by atoms with E-state index in [4.69, 9.17) is 0 Å². The minimum Gasteiger partial charge on any atom is -0.312 e. The number of aryl methyl sites for hydroxylation is 1. The van der Waals surface area contributed by atoms with Crippen molar-refractivity contribution in [1.82, 2.24) is 15.3 Å². The highest BCUT2D eigenvalue weighted by atomic mass is 32.1. The smallest absolute Gasteiger partial charge is 0.0940 e. The maximum atomic E-state index is 4.47. The fourth-order valence-corrected chi connectivity index (χ4v) is 3.02. The van der Waals surface area contributed by atoms with Crippen molar-refractivity contribution >= 4 is 22.2 Å². The van der Waals surface area contributed by atoms with Gasteiger partial charge in [-0.1, -0.05) is 18.2 Å². The van der Waals surface area contributed by atoms with Crippen molar-refractivity contribution in [3.05, 3.63) is 58.2 Å². The highest BCUT2D eigenvalue weighted by Gasteiger charge is 2.02. The minimum atomic E-state index is 0.868. The lowest BCUT2D eigenvalue weighted by atomic mass is 10.1. The number of aromatic nitrogens is 2. The van der Waals surface area contributed by atoms with Crippen molar-refractivity contribution in [1.29, 1.82) is 0 Å². The molecule has 0 saturated carbocycles. The maximum Gasteiger partial charge on any atom is 0.0940 e. The third kappa shape index (κ3) is 3.03. The fourth-order valence-electron chi connectivity index (χ4n) is 2.25. The van der Waals surface area contributed by atoms with Gasteiger partial charge in [0.25, 0.3) is 0 Å². The second-order valence-electron chi connectivity index (χ2n) is 4.80. The molecule has 2 aromatic heterocycles. The predicted molar refractivity (Wildman–Crippen MR) is 84.0 cm³/mol. The highest BCUT2D eigenvalue weighted by molar-refractivity contribution is 7.09. The van der Waals surface area contributed by atoms with Crippen molar-refractivity contribution in [2.24, 2.45) is 0 Å². The molecule has 0 spiro atoms. The van der Waals surface area contributed by atoms with Crippen LogP contribution in [0.2, 0.25) is 0 Å². The van der Waals surface area contributed by atoms with Gasteiger partial charge in [-0.2, -0.15) is 0 Å². The summed E-state index contributed by atoms with van der Waals surface area (Å²) >= 11 is 1.74. The summed E-state index contributed by atoms with van der Waals surface area (Å²) in [7, 11) is 0. The number of thiazole rings is 1. The summed E-state index contributed by atoms with van der Waals surface area (Å²) in [5.74, 6) is 0. The molecule has 3 rings (SSSR count). The van der Waals surface area contributed by atoms with E-state index in [2.05, 4.69) is 44.9 Å². The van der Waals surface area contributed by atoms with E-state index in [1.807, 2.05) is 19.2 Å². The first-order valence-corrected chi connectivity index (χ1v) is 7.65. The number of fused-ring (bicyclic) bond motifs is 1. The number of nitrogens with one attached hydrogen (secondary N) is 1. The van der Waals surface area contributed by atoms with Crippen LogP contribution in [0.25, 0.3) is 10.9 Å². The average molecular weight is 283 g/mol. The zero-order valence-electron chi connectivity index (χ0n) is 11.5. The molecule has 0 bridgehead atoms. The van der Waals surface area contributed by atoms with Gasteiger partial charge in [0.05, 0.1) is 10.5 Å². The quantitative estimate of drug-likeness (QED) is 0.730. The summed E-state index contributed by atoms with van der Waals surface area (Å²) in [4.78, 5) is 8.86. The Kier molecular flexibility index (Phi) is 4.04. The number of rotatable bonds is 5. The fraction of sp³-hybridized carbons (Fsp3) is 0.250. The molecular formula is C16H17N3S. The molecule has 0 amide bonds. The first-order chi connectivity index (χ1) is 9.83. The highest BCUT2D eigenvalue weighted by Crippen LogP contribution is 2.15. The van der Waals surface area contributed by atoms with E-state index in [1.54, 1.807) is 11.3 Å². The van der Waals surface area contributed by atoms with E-state index in [0.717, 1.165) is 30.7 Å². The van der Waals surface area contributed by atoms with Gasteiger partial charge in [0.15, 0.2) is 0 Å². The van der Waals surface area contributed by atoms with Crippen LogP contribution >= 0.6 is 11.3 Å². The lowest BCUT2D eigenvalue weighted by Gasteiger charge is -2.07. The van der Waals surface area contributed by atoms with Gasteiger partial charge in [-0.15, -0.1) is 11.3 Å². The van der Waals surface area contributed by atoms with E-state index in [9.17, 15) is 0 Å². The van der Waals surface area contributed by atoms with Crippen LogP contribution in [0.4, 0.5) is 0 Å². The van der Waals surface area contributed by atoms with E-state index in [0.29, 0.717) is 0 Å². The Morgan fingerprint density at radius 1 is 1.20 bits per heavy atom. The molecule has 0 atom stereocenters. The second-order valence-corrected chi connectivity index (χ2v) is 5.74. The van der Waals surface area contributed by atoms with Gasteiger partial charge in [-0.25, -0.2) is 4.98 Å². The molecule has 0 aliphatic heterocycles. The standard InChI is InChI=1S/C16H17N3S/c1-12-11-20-16(19-12)7-8-17-10-13-6-9-18-15-5-3-2-4-14(13)15/h2-6,9,11,17H,7-8,10H2,1H3. The first kappa shape index (κ1) is 13.2. The van der Waals surface area contributed by atoms with Gasteiger partial charge in [0, 0.05) is 42.2 Å². The minimum absolute atomic E-state index is 0.868. The van der Waals surface area contributed by atoms with Gasteiger partial charge >= 0.3 is 0 Å². The third-order valence-corrected chi connectivity index (χ3v) is 4.26. The van der Waals surface area contributed by atoms with Crippen LogP contribution in [-0.2, 0) is 13.0 Å². The van der Waals surface area contributed by atoms with Crippen LogP contribution in [0.1, 0.15) is 16.3 Å². The van der Waals surface area contributed by atoms with Crippen LogP contribution in [0.3, 0.4) is 0 Å². The summed E-state index contributed by atoms with van der Waals surface area (Å²) in [5.41, 5.74) is 3.47. The van der Waals surface area contributed by atoms with Gasteiger partial charge in [-0.05, 0) is 24.6 Å². The maximum absolute atomic E-state index is 4.47. The Morgan fingerprint density at radius 2 is 2.10 bits per heavy atom. The van der Waals surface area contributed by atoms with Gasteiger partial charge in [0.1, 0.15) is 0 Å². The molecule has 2 heterocycles. The van der Waals surface area contributed by atoms with Gasteiger partial charge < -0.3 is 5.32 Å². The lowest BCUT2D eigenvalue weighted by molar-refractivity contribution is 0.687. The Morgan fingerprint density at radius 3 is 2.95 bits per heavy atom. The SMILES string of the molecule is Cc1csc(CCNCc2ccnc3ccccc23)n1. The zero-order chi connectivity index (χ0) is 13.8. The number of hydrogen-bond donors (Lipinski definition) is 1. The van der Waals surface area contributed by atoms with E-state index >= 15 is 0 Å².